The summed E-state index contributed by atoms with van der Waals surface area (Å²) in [6.45, 7) is 3.03. The number of carbonyl (C=O) groups is 2. The van der Waals surface area contributed by atoms with Gasteiger partial charge in [-0.25, -0.2) is 9.78 Å². The number of amides is 3. The molecule has 7 heteroatoms. The number of urea groups is 1. The number of nitrogens with zero attached hydrogens (tertiary/aromatic N) is 2. The fourth-order valence-electron chi connectivity index (χ4n) is 2.59. The van der Waals surface area contributed by atoms with Crippen molar-refractivity contribution in [3.63, 3.8) is 0 Å². The van der Waals surface area contributed by atoms with E-state index in [0.717, 1.165) is 16.6 Å². The van der Waals surface area contributed by atoms with Gasteiger partial charge >= 0.3 is 6.03 Å². The molecule has 0 saturated carbocycles. The number of aryl methyl sites for hydroxylation is 1. The summed E-state index contributed by atoms with van der Waals surface area (Å²) < 4.78 is 1.06. The zero-order valence-electron chi connectivity index (χ0n) is 12.3. The average molecular weight is 318 g/mol. The van der Waals surface area contributed by atoms with Crippen LogP contribution in [0.1, 0.15) is 18.9 Å². The van der Waals surface area contributed by atoms with Gasteiger partial charge in [-0.1, -0.05) is 24.3 Å². The number of benzene rings is 1. The van der Waals surface area contributed by atoms with Crippen LogP contribution in [0.5, 0.6) is 0 Å². The molecule has 0 aliphatic carbocycles. The number of hydrogen-bond donors (Lipinski definition) is 2. The number of anilines is 1. The van der Waals surface area contributed by atoms with Crippen molar-refractivity contribution in [2.75, 3.05) is 18.4 Å². The number of carbonyl (C=O) groups excluding carboxylic acids is 2. The minimum absolute atomic E-state index is 0.224. The van der Waals surface area contributed by atoms with Crippen molar-refractivity contribution >= 4 is 38.6 Å². The molecule has 1 aromatic heterocycles. The van der Waals surface area contributed by atoms with Crippen molar-refractivity contribution in [1.29, 1.82) is 0 Å². The number of likely N-dealkylation sites (tertiary alicyclic amines) is 1. The lowest BCUT2D eigenvalue weighted by molar-refractivity contribution is -0.121. The molecule has 1 atom stereocenters. The number of fused-ring (bicyclic) bond motifs is 1. The molecule has 3 N–H and O–H groups in total. The smallest absolute Gasteiger partial charge is 0.323 e. The number of hydrogen-bond acceptors (Lipinski definition) is 4. The maximum absolute atomic E-state index is 12.2. The van der Waals surface area contributed by atoms with Crippen LogP contribution in [0.25, 0.3) is 10.2 Å². The number of nitrogens with two attached hydrogens (primary N) is 1. The Bertz CT molecular complexity index is 727. The van der Waals surface area contributed by atoms with Gasteiger partial charge in [-0.15, -0.1) is 0 Å². The first kappa shape index (κ1) is 14.8. The molecule has 0 spiro atoms. The molecule has 1 aliphatic heterocycles. The minimum atomic E-state index is -0.345. The molecular formula is C15H18N4O2S. The van der Waals surface area contributed by atoms with E-state index in [9.17, 15) is 9.59 Å². The monoisotopic (exact) mass is 318 g/mol. The van der Waals surface area contributed by atoms with Gasteiger partial charge < -0.3 is 10.6 Å². The van der Waals surface area contributed by atoms with Crippen molar-refractivity contribution in [2.24, 2.45) is 11.7 Å². The Morgan fingerprint density at radius 1 is 1.50 bits per heavy atom. The van der Waals surface area contributed by atoms with E-state index in [1.54, 1.807) is 4.90 Å². The molecule has 6 nitrogen and oxygen atoms in total. The quantitative estimate of drug-likeness (QED) is 0.909. The van der Waals surface area contributed by atoms with Crippen LogP contribution in [-0.2, 0) is 11.2 Å². The van der Waals surface area contributed by atoms with Crippen molar-refractivity contribution in [2.45, 2.75) is 19.8 Å². The number of primary amides is 1. The fraction of sp³-hybridized carbons (Fsp3) is 0.400. The van der Waals surface area contributed by atoms with Gasteiger partial charge in [0.05, 0.1) is 16.1 Å². The Balaban J connectivity index is 1.70. The van der Waals surface area contributed by atoms with E-state index in [2.05, 4.69) is 23.3 Å². The highest BCUT2D eigenvalue weighted by Crippen LogP contribution is 2.27. The van der Waals surface area contributed by atoms with Gasteiger partial charge in [0, 0.05) is 13.1 Å². The molecule has 1 aromatic carbocycles. The summed E-state index contributed by atoms with van der Waals surface area (Å²) in [5.74, 6) is -0.587. The van der Waals surface area contributed by atoms with E-state index in [0.29, 0.717) is 24.6 Å². The Hall–Kier alpha value is -2.15. The highest BCUT2D eigenvalue weighted by molar-refractivity contribution is 7.22. The topological polar surface area (TPSA) is 88.3 Å². The summed E-state index contributed by atoms with van der Waals surface area (Å²) in [7, 11) is 0. The summed E-state index contributed by atoms with van der Waals surface area (Å²) in [5.41, 5.74) is 7.41. The van der Waals surface area contributed by atoms with E-state index in [1.165, 1.54) is 16.9 Å². The fourth-order valence-corrected chi connectivity index (χ4v) is 3.51. The first-order valence-electron chi connectivity index (χ1n) is 7.31. The summed E-state index contributed by atoms with van der Waals surface area (Å²) >= 11 is 1.46. The normalized spacial score (nSPS) is 17.9. The summed E-state index contributed by atoms with van der Waals surface area (Å²) in [5, 5.41) is 3.39. The second kappa shape index (κ2) is 5.92. The lowest BCUT2D eigenvalue weighted by Gasteiger charge is -2.15. The standard InChI is InChI=1S/C15H18N4O2S/c1-2-9-3-4-11-12(7-9)22-14(17-11)18-15(21)19-6-5-10(8-19)13(16)20/h3-4,7,10H,2,5-6,8H2,1H3,(H2,16,20)(H,17,18,21)/t10-/m1/s1. The van der Waals surface area contributed by atoms with Crippen molar-refractivity contribution in [3.8, 4) is 0 Å². The van der Waals surface area contributed by atoms with E-state index in [-0.39, 0.29) is 17.9 Å². The van der Waals surface area contributed by atoms with Gasteiger partial charge in [0.25, 0.3) is 0 Å². The Morgan fingerprint density at radius 3 is 3.00 bits per heavy atom. The van der Waals surface area contributed by atoms with E-state index >= 15 is 0 Å². The van der Waals surface area contributed by atoms with Crippen molar-refractivity contribution < 1.29 is 9.59 Å². The molecule has 2 heterocycles. The molecule has 22 heavy (non-hydrogen) atoms. The summed E-state index contributed by atoms with van der Waals surface area (Å²) in [4.78, 5) is 29.4. The van der Waals surface area contributed by atoms with E-state index in [1.807, 2.05) is 12.1 Å². The summed E-state index contributed by atoms with van der Waals surface area (Å²) in [6.07, 6.45) is 1.60. The second-order valence-electron chi connectivity index (χ2n) is 5.44. The third kappa shape index (κ3) is 2.89. The first-order valence-corrected chi connectivity index (χ1v) is 8.13. The summed E-state index contributed by atoms with van der Waals surface area (Å²) in [6, 6.07) is 5.89. The van der Waals surface area contributed by atoms with Gasteiger partial charge in [0.1, 0.15) is 0 Å². The number of nitrogens with one attached hydrogen (secondary N) is 1. The molecule has 3 rings (SSSR count). The molecule has 1 saturated heterocycles. The Morgan fingerprint density at radius 2 is 2.32 bits per heavy atom. The molecule has 116 valence electrons. The molecule has 3 amide bonds. The predicted octanol–water partition coefficient (Wildman–Crippen LogP) is 2.20. The highest BCUT2D eigenvalue weighted by atomic mass is 32.1. The molecule has 1 fully saturated rings. The number of thiazole rings is 1. The molecule has 0 bridgehead atoms. The van der Waals surface area contributed by atoms with Crippen LogP contribution in [0.15, 0.2) is 18.2 Å². The van der Waals surface area contributed by atoms with E-state index in [4.69, 9.17) is 5.73 Å². The number of aromatic nitrogens is 1. The van der Waals surface area contributed by atoms with Crippen LogP contribution >= 0.6 is 11.3 Å². The second-order valence-corrected chi connectivity index (χ2v) is 6.47. The maximum atomic E-state index is 12.2. The highest BCUT2D eigenvalue weighted by Gasteiger charge is 2.29. The largest absolute Gasteiger partial charge is 0.369 e. The first-order chi connectivity index (χ1) is 10.6. The van der Waals surface area contributed by atoms with E-state index < -0.39 is 0 Å². The molecule has 2 aromatic rings. The lowest BCUT2D eigenvalue weighted by Crippen LogP contribution is -2.34. The average Bonchev–Trinajstić information content (AvgIpc) is 3.12. The Labute approximate surface area is 132 Å². The zero-order valence-corrected chi connectivity index (χ0v) is 13.2. The minimum Gasteiger partial charge on any atom is -0.369 e. The zero-order chi connectivity index (χ0) is 15.7. The Kier molecular flexibility index (Phi) is 3.98. The third-order valence-corrected chi connectivity index (χ3v) is 4.89. The molecule has 0 unspecified atom stereocenters. The number of rotatable bonds is 3. The van der Waals surface area contributed by atoms with Crippen molar-refractivity contribution in [1.82, 2.24) is 9.88 Å². The van der Waals surface area contributed by atoms with Gasteiger partial charge in [-0.05, 0) is 30.5 Å². The van der Waals surface area contributed by atoms with Gasteiger partial charge in [0.15, 0.2) is 5.13 Å². The van der Waals surface area contributed by atoms with Crippen LogP contribution in [0.4, 0.5) is 9.93 Å². The third-order valence-electron chi connectivity index (χ3n) is 3.95. The molecular weight excluding hydrogens is 300 g/mol. The van der Waals surface area contributed by atoms with Crippen LogP contribution in [0.2, 0.25) is 0 Å². The lowest BCUT2D eigenvalue weighted by atomic mass is 10.1. The van der Waals surface area contributed by atoms with Gasteiger partial charge in [0.2, 0.25) is 5.91 Å². The van der Waals surface area contributed by atoms with Gasteiger partial charge in [-0.3, -0.25) is 10.1 Å². The molecule has 1 aliphatic rings. The SMILES string of the molecule is CCc1ccc2nc(NC(=O)N3CC[C@@H](C(N)=O)C3)sc2c1. The van der Waals surface area contributed by atoms with Crippen molar-refractivity contribution in [3.05, 3.63) is 23.8 Å². The molecule has 0 radical (unpaired) electrons. The van der Waals surface area contributed by atoms with Crippen LogP contribution in [0, 0.1) is 5.92 Å². The van der Waals surface area contributed by atoms with Crippen LogP contribution in [0.3, 0.4) is 0 Å². The van der Waals surface area contributed by atoms with Gasteiger partial charge in [-0.2, -0.15) is 0 Å². The predicted molar refractivity (Wildman–Crippen MR) is 86.9 cm³/mol. The van der Waals surface area contributed by atoms with Crippen LogP contribution < -0.4 is 11.1 Å². The maximum Gasteiger partial charge on any atom is 0.323 e. The van der Waals surface area contributed by atoms with Crippen LogP contribution in [-0.4, -0.2) is 34.9 Å².